The zero-order valence-electron chi connectivity index (χ0n) is 11.3. The van der Waals surface area contributed by atoms with E-state index in [1.54, 1.807) is 6.07 Å². The first-order valence-corrected chi connectivity index (χ1v) is 8.63. The van der Waals surface area contributed by atoms with Gasteiger partial charge in [-0.1, -0.05) is 13.0 Å². The van der Waals surface area contributed by atoms with E-state index in [4.69, 9.17) is 21.1 Å². The second kappa shape index (κ2) is 6.65. The van der Waals surface area contributed by atoms with Gasteiger partial charge in [0.25, 0.3) is 0 Å². The van der Waals surface area contributed by atoms with E-state index in [9.17, 15) is 8.42 Å². The van der Waals surface area contributed by atoms with Gasteiger partial charge in [-0.05, 0) is 24.1 Å². The van der Waals surface area contributed by atoms with Crippen LogP contribution in [0.15, 0.2) is 18.2 Å². The van der Waals surface area contributed by atoms with Crippen LogP contribution in [-0.4, -0.2) is 37.7 Å². The van der Waals surface area contributed by atoms with Crippen molar-refractivity contribution in [2.75, 3.05) is 25.0 Å². The smallest absolute Gasteiger partial charge is 0.231 e. The molecule has 0 atom stereocenters. The number of hydrogen-bond acceptors (Lipinski definition) is 4. The summed E-state index contributed by atoms with van der Waals surface area (Å²) < 4.78 is 36.3. The molecule has 20 heavy (non-hydrogen) atoms. The Hall–Kier alpha value is -0.980. The third-order valence-corrected chi connectivity index (χ3v) is 5.32. The zero-order chi connectivity index (χ0) is 14.6. The maximum Gasteiger partial charge on any atom is 0.231 e. The van der Waals surface area contributed by atoms with Gasteiger partial charge in [0.05, 0.1) is 5.75 Å². The molecule has 0 aliphatic carbocycles. The van der Waals surface area contributed by atoms with E-state index in [0.29, 0.717) is 36.9 Å². The number of alkyl halides is 1. The van der Waals surface area contributed by atoms with Crippen molar-refractivity contribution < 1.29 is 17.9 Å². The molecule has 0 fully saturated rings. The minimum atomic E-state index is -3.27. The minimum Gasteiger partial charge on any atom is -0.454 e. The van der Waals surface area contributed by atoms with Crippen molar-refractivity contribution in [3.63, 3.8) is 0 Å². The molecule has 0 bridgehead atoms. The zero-order valence-corrected chi connectivity index (χ0v) is 12.9. The predicted octanol–water partition coefficient (Wildman–Crippen LogP) is 2.20. The Morgan fingerprint density at radius 3 is 2.75 bits per heavy atom. The van der Waals surface area contributed by atoms with Gasteiger partial charge in [0.1, 0.15) is 0 Å². The molecule has 1 aliphatic rings. The van der Waals surface area contributed by atoms with Crippen molar-refractivity contribution in [1.82, 2.24) is 4.31 Å². The van der Waals surface area contributed by atoms with Crippen LogP contribution in [0.1, 0.15) is 18.9 Å². The molecule has 2 rings (SSSR count). The molecule has 1 heterocycles. The summed E-state index contributed by atoms with van der Waals surface area (Å²) in [6.07, 6.45) is 0.460. The molecule has 7 heteroatoms. The van der Waals surface area contributed by atoms with E-state index in [1.165, 1.54) is 4.31 Å². The van der Waals surface area contributed by atoms with E-state index in [0.717, 1.165) is 5.56 Å². The monoisotopic (exact) mass is 319 g/mol. The van der Waals surface area contributed by atoms with Crippen LogP contribution < -0.4 is 9.47 Å². The topological polar surface area (TPSA) is 55.8 Å². The molecular weight excluding hydrogens is 302 g/mol. The van der Waals surface area contributed by atoms with Crippen LogP contribution in [-0.2, 0) is 16.6 Å². The van der Waals surface area contributed by atoms with Gasteiger partial charge in [-0.15, -0.1) is 11.6 Å². The third kappa shape index (κ3) is 3.56. The fourth-order valence-electron chi connectivity index (χ4n) is 2.02. The van der Waals surface area contributed by atoms with Crippen molar-refractivity contribution in [3.8, 4) is 11.5 Å². The fourth-order valence-corrected chi connectivity index (χ4v) is 3.81. The maximum atomic E-state index is 12.2. The number of hydrogen-bond donors (Lipinski definition) is 0. The van der Waals surface area contributed by atoms with Crippen LogP contribution in [0.5, 0.6) is 11.5 Å². The summed E-state index contributed by atoms with van der Waals surface area (Å²) in [7, 11) is -3.27. The first-order chi connectivity index (χ1) is 9.56. The van der Waals surface area contributed by atoms with Crippen LogP contribution in [0.3, 0.4) is 0 Å². The molecule has 0 spiro atoms. The van der Waals surface area contributed by atoms with Gasteiger partial charge >= 0.3 is 0 Å². The van der Waals surface area contributed by atoms with Gasteiger partial charge in [-0.25, -0.2) is 8.42 Å². The molecule has 5 nitrogen and oxygen atoms in total. The van der Waals surface area contributed by atoms with Crippen LogP contribution >= 0.6 is 11.6 Å². The molecule has 1 aromatic rings. The largest absolute Gasteiger partial charge is 0.454 e. The molecule has 0 unspecified atom stereocenters. The second-order valence-electron chi connectivity index (χ2n) is 4.47. The highest BCUT2D eigenvalue weighted by atomic mass is 35.5. The number of ether oxygens (including phenoxy) is 2. The molecule has 0 saturated heterocycles. The number of nitrogens with zero attached hydrogens (tertiary/aromatic N) is 1. The lowest BCUT2D eigenvalue weighted by Gasteiger charge is -2.20. The lowest BCUT2D eigenvalue weighted by Crippen LogP contribution is -2.32. The summed E-state index contributed by atoms with van der Waals surface area (Å²) in [6, 6.07) is 5.48. The quantitative estimate of drug-likeness (QED) is 0.723. The summed E-state index contributed by atoms with van der Waals surface area (Å²) >= 11 is 5.57. The maximum absolute atomic E-state index is 12.2. The van der Waals surface area contributed by atoms with Gasteiger partial charge in [-0.3, -0.25) is 0 Å². The summed E-state index contributed by atoms with van der Waals surface area (Å²) in [6.45, 7) is 2.80. The Kier molecular flexibility index (Phi) is 5.12. The molecule has 0 N–H and O–H groups in total. The van der Waals surface area contributed by atoms with Crippen LogP contribution in [0.2, 0.25) is 0 Å². The second-order valence-corrected chi connectivity index (χ2v) is 6.94. The number of benzene rings is 1. The number of halogens is 1. The molecular formula is C13H18ClNO4S. The van der Waals surface area contributed by atoms with Gasteiger partial charge in [0.15, 0.2) is 11.5 Å². The Balaban J connectivity index is 2.10. The fraction of sp³-hybridized carbons (Fsp3) is 0.538. The highest BCUT2D eigenvalue weighted by Gasteiger charge is 2.21. The normalized spacial score (nSPS) is 13.9. The van der Waals surface area contributed by atoms with Gasteiger partial charge in [0.2, 0.25) is 16.8 Å². The Labute approximate surface area is 124 Å². The molecule has 0 radical (unpaired) electrons. The molecule has 1 aliphatic heterocycles. The highest BCUT2D eigenvalue weighted by Crippen LogP contribution is 2.32. The molecule has 1 aromatic carbocycles. The Morgan fingerprint density at radius 2 is 2.05 bits per heavy atom. The average Bonchev–Trinajstić information content (AvgIpc) is 2.89. The van der Waals surface area contributed by atoms with Crippen molar-refractivity contribution in [1.29, 1.82) is 0 Å². The van der Waals surface area contributed by atoms with Gasteiger partial charge in [0, 0.05) is 19.0 Å². The van der Waals surface area contributed by atoms with E-state index >= 15 is 0 Å². The van der Waals surface area contributed by atoms with E-state index in [-0.39, 0.29) is 12.5 Å². The summed E-state index contributed by atoms with van der Waals surface area (Å²) in [5.41, 5.74) is 0.880. The summed E-state index contributed by atoms with van der Waals surface area (Å²) in [5.74, 6) is 1.79. The molecule has 0 amide bonds. The van der Waals surface area contributed by atoms with Crippen molar-refractivity contribution >= 4 is 21.6 Å². The van der Waals surface area contributed by atoms with Gasteiger partial charge in [-0.2, -0.15) is 4.31 Å². The first-order valence-electron chi connectivity index (χ1n) is 6.49. The number of sulfonamides is 1. The Bertz CT molecular complexity index is 561. The van der Waals surface area contributed by atoms with E-state index < -0.39 is 10.0 Å². The standard InChI is InChI=1S/C13H18ClNO4S/c1-2-15(20(16,17)7-3-6-14)9-11-4-5-12-13(8-11)19-10-18-12/h4-5,8H,2-3,6-7,9-10H2,1H3. The van der Waals surface area contributed by atoms with Crippen LogP contribution in [0.25, 0.3) is 0 Å². The lowest BCUT2D eigenvalue weighted by molar-refractivity contribution is 0.174. The van der Waals surface area contributed by atoms with E-state index in [2.05, 4.69) is 0 Å². The van der Waals surface area contributed by atoms with Crippen LogP contribution in [0.4, 0.5) is 0 Å². The summed E-state index contributed by atoms with van der Waals surface area (Å²) in [4.78, 5) is 0. The van der Waals surface area contributed by atoms with Crippen molar-refractivity contribution in [2.24, 2.45) is 0 Å². The molecule has 0 saturated carbocycles. The average molecular weight is 320 g/mol. The third-order valence-electron chi connectivity index (χ3n) is 3.08. The van der Waals surface area contributed by atoms with E-state index in [1.807, 2.05) is 19.1 Å². The minimum absolute atomic E-state index is 0.0783. The van der Waals surface area contributed by atoms with Crippen molar-refractivity contribution in [2.45, 2.75) is 19.9 Å². The molecule has 112 valence electrons. The number of rotatable bonds is 7. The SMILES string of the molecule is CCN(Cc1ccc2c(c1)OCO2)S(=O)(=O)CCCCl. The Morgan fingerprint density at radius 1 is 1.30 bits per heavy atom. The van der Waals surface area contributed by atoms with Crippen LogP contribution in [0, 0.1) is 0 Å². The first kappa shape index (κ1) is 15.4. The lowest BCUT2D eigenvalue weighted by atomic mass is 10.2. The number of fused-ring (bicyclic) bond motifs is 1. The highest BCUT2D eigenvalue weighted by molar-refractivity contribution is 7.89. The predicted molar refractivity (Wildman–Crippen MR) is 77.8 cm³/mol. The molecule has 0 aromatic heterocycles. The van der Waals surface area contributed by atoms with Crippen molar-refractivity contribution in [3.05, 3.63) is 23.8 Å². The summed E-state index contributed by atoms with van der Waals surface area (Å²) in [5, 5.41) is 0. The van der Waals surface area contributed by atoms with Gasteiger partial charge < -0.3 is 9.47 Å².